The molecule has 0 fully saturated rings. The van der Waals surface area contributed by atoms with E-state index in [9.17, 15) is 5.11 Å². The lowest BCUT2D eigenvalue weighted by Gasteiger charge is -2.33. The van der Waals surface area contributed by atoms with E-state index in [1.165, 1.54) is 0 Å². The molecule has 0 saturated carbocycles. The van der Waals surface area contributed by atoms with Gasteiger partial charge in [0.1, 0.15) is 17.1 Å². The number of para-hydroxylation sites is 1. The molecule has 0 saturated heterocycles. The van der Waals surface area contributed by atoms with Crippen molar-refractivity contribution >= 4 is 17.1 Å². The van der Waals surface area contributed by atoms with Gasteiger partial charge < -0.3 is 10.8 Å². The third-order valence-electron chi connectivity index (χ3n) is 3.93. The molecule has 0 radical (unpaired) electrons. The monoisotopic (exact) mass is 325 g/mol. The normalized spacial score (nSPS) is 12.7. The molecule has 3 N–H and O–H groups in total. The molecule has 0 aliphatic heterocycles. The van der Waals surface area contributed by atoms with Crippen molar-refractivity contribution in [2.45, 2.75) is 46.5 Å². The van der Waals surface area contributed by atoms with Gasteiger partial charge in [-0.2, -0.15) is 0 Å². The Kier molecular flexibility index (Phi) is 4.97. The van der Waals surface area contributed by atoms with Crippen molar-refractivity contribution in [2.75, 3.05) is 5.73 Å². The first-order chi connectivity index (χ1) is 11.1. The number of benzene rings is 2. The first-order valence-electron chi connectivity index (χ1n) is 8.18. The smallest absolute Gasteiger partial charge is 0.143 e. The van der Waals surface area contributed by atoms with Crippen molar-refractivity contribution in [3.8, 4) is 5.75 Å². The van der Waals surface area contributed by atoms with Gasteiger partial charge in [0, 0.05) is 0 Å². The predicted octanol–water partition coefficient (Wildman–Crippen LogP) is 6.10. The summed E-state index contributed by atoms with van der Waals surface area (Å²) in [6, 6.07) is 12.8. The Morgan fingerprint density at radius 2 is 1.54 bits per heavy atom. The quantitative estimate of drug-likeness (QED) is 0.526. The number of rotatable bonds is 4. The van der Waals surface area contributed by atoms with E-state index in [4.69, 9.17) is 5.73 Å². The fraction of sp³-hybridized carbons (Fsp3) is 0.400. The average molecular weight is 325 g/mol. The second-order valence-electron chi connectivity index (χ2n) is 8.08. The van der Waals surface area contributed by atoms with Crippen LogP contribution in [0.4, 0.5) is 17.1 Å². The zero-order valence-electron chi connectivity index (χ0n) is 15.2. The van der Waals surface area contributed by atoms with Crippen LogP contribution in [-0.4, -0.2) is 5.11 Å². The molecule has 128 valence electrons. The molecule has 0 heterocycles. The zero-order chi connectivity index (χ0) is 18.0. The number of phenolic OH excluding ortho intramolecular Hbond substituents is 1. The third kappa shape index (κ3) is 4.57. The predicted molar refractivity (Wildman–Crippen MR) is 100 cm³/mol. The fourth-order valence-electron chi connectivity index (χ4n) is 3.14. The number of anilines is 1. The van der Waals surface area contributed by atoms with Gasteiger partial charge in [-0.05, 0) is 47.1 Å². The summed E-state index contributed by atoms with van der Waals surface area (Å²) in [6.45, 7) is 11.1. The minimum atomic E-state index is -0.0258. The molecule has 4 nitrogen and oxygen atoms in total. The molecule has 0 aliphatic rings. The van der Waals surface area contributed by atoms with Gasteiger partial charge in [0.15, 0.2) is 0 Å². The number of phenols is 1. The van der Waals surface area contributed by atoms with Crippen LogP contribution in [0.2, 0.25) is 0 Å². The van der Waals surface area contributed by atoms with E-state index in [0.29, 0.717) is 17.1 Å². The third-order valence-corrected chi connectivity index (χ3v) is 3.93. The molecule has 2 rings (SSSR count). The van der Waals surface area contributed by atoms with Gasteiger partial charge in [-0.1, -0.05) is 52.8 Å². The van der Waals surface area contributed by atoms with Crippen LogP contribution in [0.1, 0.15) is 46.6 Å². The van der Waals surface area contributed by atoms with Crippen LogP contribution in [0.25, 0.3) is 0 Å². The second-order valence-corrected chi connectivity index (χ2v) is 8.08. The first-order valence-corrected chi connectivity index (χ1v) is 8.18. The number of aromatic hydroxyl groups is 1. The van der Waals surface area contributed by atoms with Crippen LogP contribution in [0, 0.1) is 5.41 Å². The van der Waals surface area contributed by atoms with Crippen LogP contribution in [0.3, 0.4) is 0 Å². The summed E-state index contributed by atoms with van der Waals surface area (Å²) in [5.74, 6) is 0.114. The molecule has 0 spiro atoms. The Bertz CT molecular complexity index is 743. The van der Waals surface area contributed by atoms with E-state index >= 15 is 0 Å². The molecule has 0 aliphatic carbocycles. The summed E-state index contributed by atoms with van der Waals surface area (Å²) in [6.07, 6.45) is 1.02. The van der Waals surface area contributed by atoms with Crippen molar-refractivity contribution < 1.29 is 5.11 Å². The van der Waals surface area contributed by atoms with E-state index in [0.717, 1.165) is 12.0 Å². The van der Waals surface area contributed by atoms with E-state index in [2.05, 4.69) is 44.8 Å². The highest BCUT2D eigenvalue weighted by atomic mass is 16.3. The first kappa shape index (κ1) is 18.0. The molecular weight excluding hydrogens is 298 g/mol. The Balaban J connectivity index is 2.34. The Labute approximate surface area is 144 Å². The van der Waals surface area contributed by atoms with Crippen LogP contribution in [-0.2, 0) is 5.41 Å². The van der Waals surface area contributed by atoms with Crippen LogP contribution in [0.15, 0.2) is 52.7 Å². The van der Waals surface area contributed by atoms with Gasteiger partial charge >= 0.3 is 0 Å². The number of hydrogen-bond acceptors (Lipinski definition) is 4. The van der Waals surface area contributed by atoms with Crippen LogP contribution >= 0.6 is 0 Å². The maximum atomic E-state index is 10.1. The lowest BCUT2D eigenvalue weighted by atomic mass is 9.72. The molecule has 0 bridgehead atoms. The number of hydrogen-bond donors (Lipinski definition) is 2. The fourth-order valence-corrected chi connectivity index (χ4v) is 3.14. The lowest BCUT2D eigenvalue weighted by molar-refractivity contribution is 0.284. The van der Waals surface area contributed by atoms with E-state index < -0.39 is 0 Å². The summed E-state index contributed by atoms with van der Waals surface area (Å²) in [5.41, 5.74) is 8.80. The van der Waals surface area contributed by atoms with Gasteiger partial charge in [0.05, 0.1) is 5.69 Å². The maximum Gasteiger partial charge on any atom is 0.143 e. The van der Waals surface area contributed by atoms with Gasteiger partial charge in [0.25, 0.3) is 0 Å². The van der Waals surface area contributed by atoms with Gasteiger partial charge in [-0.15, -0.1) is 10.2 Å². The van der Waals surface area contributed by atoms with Crippen molar-refractivity contribution in [3.05, 3.63) is 48.0 Å². The number of nitrogens with zero attached hydrogens (tertiary/aromatic N) is 2. The maximum absolute atomic E-state index is 10.1. The topological polar surface area (TPSA) is 71.0 Å². The van der Waals surface area contributed by atoms with Gasteiger partial charge in [-0.3, -0.25) is 0 Å². The molecule has 0 aromatic heterocycles. The number of nitrogen functional groups attached to an aromatic ring is 1. The Hall–Kier alpha value is -2.36. The number of nitrogens with two attached hydrogens (primary N) is 1. The highest BCUT2D eigenvalue weighted by molar-refractivity contribution is 5.62. The second kappa shape index (κ2) is 6.63. The SMILES string of the molecule is CC(C)(C)CC(C)(C)c1ccc(O)c(N=Nc2ccccc2N)c1. The minimum absolute atomic E-state index is 0.0258. The number of azo groups is 1. The summed E-state index contributed by atoms with van der Waals surface area (Å²) in [4.78, 5) is 0. The minimum Gasteiger partial charge on any atom is -0.506 e. The molecule has 2 aromatic rings. The van der Waals surface area contributed by atoms with Crippen molar-refractivity contribution in [1.82, 2.24) is 0 Å². The van der Waals surface area contributed by atoms with Crippen molar-refractivity contribution in [1.29, 1.82) is 0 Å². The standard InChI is InChI=1S/C20H27N3O/c1-19(2,3)13-20(4,5)14-10-11-18(24)17(12-14)23-22-16-9-7-6-8-15(16)21/h6-12,24H,13,21H2,1-5H3. The Morgan fingerprint density at radius 1 is 0.917 bits per heavy atom. The van der Waals surface area contributed by atoms with E-state index in [1.807, 2.05) is 24.3 Å². The highest BCUT2D eigenvalue weighted by Crippen LogP contribution is 2.39. The molecule has 0 atom stereocenters. The Morgan fingerprint density at radius 3 is 2.17 bits per heavy atom. The van der Waals surface area contributed by atoms with Gasteiger partial charge in [0.2, 0.25) is 0 Å². The zero-order valence-corrected chi connectivity index (χ0v) is 15.2. The van der Waals surface area contributed by atoms with Crippen molar-refractivity contribution in [3.63, 3.8) is 0 Å². The summed E-state index contributed by atoms with van der Waals surface area (Å²) in [7, 11) is 0. The molecule has 24 heavy (non-hydrogen) atoms. The van der Waals surface area contributed by atoms with Gasteiger partial charge in [-0.25, -0.2) is 0 Å². The highest BCUT2D eigenvalue weighted by Gasteiger charge is 2.27. The molecule has 0 amide bonds. The molecular formula is C20H27N3O. The molecule has 0 unspecified atom stereocenters. The summed E-state index contributed by atoms with van der Waals surface area (Å²) in [5, 5.41) is 18.5. The summed E-state index contributed by atoms with van der Waals surface area (Å²) >= 11 is 0. The van der Waals surface area contributed by atoms with E-state index in [-0.39, 0.29) is 16.6 Å². The van der Waals surface area contributed by atoms with E-state index in [1.54, 1.807) is 18.2 Å². The van der Waals surface area contributed by atoms with Crippen molar-refractivity contribution in [2.24, 2.45) is 15.6 Å². The van der Waals surface area contributed by atoms with Crippen LogP contribution < -0.4 is 5.73 Å². The summed E-state index contributed by atoms with van der Waals surface area (Å²) < 4.78 is 0. The molecule has 4 heteroatoms. The molecule has 2 aromatic carbocycles. The largest absolute Gasteiger partial charge is 0.506 e. The average Bonchev–Trinajstić information content (AvgIpc) is 2.45. The van der Waals surface area contributed by atoms with Crippen LogP contribution in [0.5, 0.6) is 5.75 Å². The lowest BCUT2D eigenvalue weighted by Crippen LogP contribution is -2.24.